The maximum atomic E-state index is 12.8. The molecular weight excluding hydrogens is 489 g/mol. The van der Waals surface area contributed by atoms with Crippen LogP contribution in [0.5, 0.6) is 0 Å². The van der Waals surface area contributed by atoms with Crippen LogP contribution in [0.2, 0.25) is 0 Å². The Morgan fingerprint density at radius 3 is 2.15 bits per heavy atom. The lowest BCUT2D eigenvalue weighted by Gasteiger charge is -2.10. The van der Waals surface area contributed by atoms with E-state index >= 15 is 0 Å². The first-order valence-corrected chi connectivity index (χ1v) is 12.0. The van der Waals surface area contributed by atoms with E-state index in [-0.39, 0.29) is 16.1 Å². The zero-order valence-electron chi connectivity index (χ0n) is 17.1. The van der Waals surface area contributed by atoms with Crippen LogP contribution in [0.1, 0.15) is 15.9 Å². The maximum Gasteiger partial charge on any atom is 0.416 e. The van der Waals surface area contributed by atoms with Gasteiger partial charge in [-0.3, -0.25) is 4.72 Å². The summed E-state index contributed by atoms with van der Waals surface area (Å²) in [6, 6.07) is 16.3. The Labute approximate surface area is 196 Å². The molecule has 0 aliphatic heterocycles. The molecule has 0 fully saturated rings. The number of benzene rings is 3. The highest BCUT2D eigenvalue weighted by Crippen LogP contribution is 2.33. The molecule has 1 heterocycles. The second kappa shape index (κ2) is 8.92. The Balaban J connectivity index is 1.53. The first-order chi connectivity index (χ1) is 16.0. The van der Waals surface area contributed by atoms with Crippen molar-refractivity contribution in [2.45, 2.75) is 11.1 Å². The summed E-state index contributed by atoms with van der Waals surface area (Å²) < 4.78 is 66.0. The molecule has 11 heteroatoms. The zero-order chi connectivity index (χ0) is 24.5. The van der Waals surface area contributed by atoms with Crippen LogP contribution >= 0.6 is 11.3 Å². The van der Waals surface area contributed by atoms with E-state index in [9.17, 15) is 31.5 Å². The lowest BCUT2D eigenvalue weighted by molar-refractivity contribution is -0.137. The smallest absolute Gasteiger partial charge is 0.416 e. The summed E-state index contributed by atoms with van der Waals surface area (Å²) in [6.45, 7) is 0. The van der Waals surface area contributed by atoms with Crippen LogP contribution in [-0.2, 0) is 16.2 Å². The molecule has 3 aromatic carbocycles. The first kappa shape index (κ1) is 23.5. The molecule has 2 N–H and O–H groups in total. The monoisotopic (exact) mass is 504 g/mol. The van der Waals surface area contributed by atoms with Crippen molar-refractivity contribution in [2.75, 3.05) is 4.72 Å². The molecular formula is C23H15F3N2O4S2. The third-order valence-electron chi connectivity index (χ3n) is 4.80. The molecule has 1 aromatic heterocycles. The molecule has 0 saturated heterocycles. The van der Waals surface area contributed by atoms with E-state index in [0.717, 1.165) is 12.1 Å². The van der Waals surface area contributed by atoms with Crippen LogP contribution in [0.15, 0.2) is 83.1 Å². The number of halogens is 3. The molecule has 0 saturated carbocycles. The number of carboxylic acids is 1. The van der Waals surface area contributed by atoms with E-state index in [0.29, 0.717) is 21.8 Å². The van der Waals surface area contributed by atoms with Gasteiger partial charge in [-0.25, -0.2) is 18.2 Å². The Morgan fingerprint density at radius 1 is 0.912 bits per heavy atom. The number of nitrogens with one attached hydrogen (secondary N) is 1. The number of aromatic carboxylic acids is 1. The van der Waals surface area contributed by atoms with Gasteiger partial charge >= 0.3 is 12.1 Å². The quantitative estimate of drug-likeness (QED) is 0.336. The minimum atomic E-state index is -4.41. The van der Waals surface area contributed by atoms with Crippen molar-refractivity contribution < 1.29 is 31.5 Å². The van der Waals surface area contributed by atoms with Gasteiger partial charge in [0.05, 0.1) is 16.8 Å². The number of anilines is 1. The van der Waals surface area contributed by atoms with E-state index in [1.54, 1.807) is 17.5 Å². The average molecular weight is 505 g/mol. The number of rotatable bonds is 6. The van der Waals surface area contributed by atoms with Gasteiger partial charge in [0.15, 0.2) is 0 Å². The fourth-order valence-corrected chi connectivity index (χ4v) is 5.23. The Bertz CT molecular complexity index is 1450. The number of nitrogens with zero attached hydrogens (tertiary/aromatic N) is 1. The standard InChI is InChI=1S/C23H15F3N2O4S2/c24-23(25,26)16-9-5-15(6-10-16)21-27-19(13-33-21)14-7-11-17(12-8-14)28-34(31,32)20-4-2-1-3-18(20)22(29)30/h1-13,28H,(H,29,30). The molecule has 6 nitrogen and oxygen atoms in total. The molecule has 0 unspecified atom stereocenters. The molecule has 0 aliphatic carbocycles. The van der Waals surface area contributed by atoms with Crippen LogP contribution in [0.4, 0.5) is 18.9 Å². The number of hydrogen-bond acceptors (Lipinski definition) is 5. The number of carbonyl (C=O) groups is 1. The topological polar surface area (TPSA) is 96.4 Å². The SMILES string of the molecule is O=C(O)c1ccccc1S(=O)(=O)Nc1ccc(-c2csc(-c3ccc(C(F)(F)F)cc3)n2)cc1. The van der Waals surface area contributed by atoms with Crippen LogP contribution in [0, 0.1) is 0 Å². The minimum Gasteiger partial charge on any atom is -0.478 e. The molecule has 4 rings (SSSR count). The second-order valence-electron chi connectivity index (χ2n) is 7.10. The summed E-state index contributed by atoms with van der Waals surface area (Å²) in [7, 11) is -4.14. The van der Waals surface area contributed by atoms with Crippen molar-refractivity contribution in [3.63, 3.8) is 0 Å². The van der Waals surface area contributed by atoms with Crippen molar-refractivity contribution >= 4 is 33.0 Å². The fraction of sp³-hybridized carbons (Fsp3) is 0.0435. The Hall–Kier alpha value is -3.70. The summed E-state index contributed by atoms with van der Waals surface area (Å²) in [6.07, 6.45) is -4.41. The van der Waals surface area contributed by atoms with Crippen molar-refractivity contribution in [1.29, 1.82) is 0 Å². The van der Waals surface area contributed by atoms with E-state index in [4.69, 9.17) is 0 Å². The predicted molar refractivity (Wildman–Crippen MR) is 122 cm³/mol. The van der Waals surface area contributed by atoms with Gasteiger partial charge in [0.25, 0.3) is 10.0 Å². The highest BCUT2D eigenvalue weighted by Gasteiger charge is 2.30. The van der Waals surface area contributed by atoms with Gasteiger partial charge in [-0.2, -0.15) is 13.2 Å². The number of carboxylic acid groups (broad SMARTS) is 1. The largest absolute Gasteiger partial charge is 0.478 e. The molecule has 0 aliphatic rings. The van der Waals surface area contributed by atoms with Gasteiger partial charge in [0.1, 0.15) is 9.90 Å². The van der Waals surface area contributed by atoms with Gasteiger partial charge in [0, 0.05) is 22.2 Å². The predicted octanol–water partition coefficient (Wildman–Crippen LogP) is 5.99. The summed E-state index contributed by atoms with van der Waals surface area (Å²) in [5.41, 5.74) is 0.934. The average Bonchev–Trinajstić information content (AvgIpc) is 3.29. The molecule has 34 heavy (non-hydrogen) atoms. The molecule has 0 bridgehead atoms. The maximum absolute atomic E-state index is 12.8. The number of thiazole rings is 1. The van der Waals surface area contributed by atoms with E-state index in [1.165, 1.54) is 59.9 Å². The number of aromatic nitrogens is 1. The van der Waals surface area contributed by atoms with Crippen molar-refractivity contribution in [2.24, 2.45) is 0 Å². The van der Waals surface area contributed by atoms with Gasteiger partial charge in [0.2, 0.25) is 0 Å². The lowest BCUT2D eigenvalue weighted by atomic mass is 10.1. The third-order valence-corrected chi connectivity index (χ3v) is 7.13. The third kappa shape index (κ3) is 4.95. The molecule has 0 spiro atoms. The molecule has 4 aromatic rings. The van der Waals surface area contributed by atoms with Crippen LogP contribution in [-0.4, -0.2) is 24.5 Å². The zero-order valence-corrected chi connectivity index (χ0v) is 18.7. The normalized spacial score (nSPS) is 11.9. The summed E-state index contributed by atoms with van der Waals surface area (Å²) in [5, 5.41) is 11.5. The highest BCUT2D eigenvalue weighted by atomic mass is 32.2. The highest BCUT2D eigenvalue weighted by molar-refractivity contribution is 7.92. The number of sulfonamides is 1. The van der Waals surface area contributed by atoms with Gasteiger partial charge in [-0.1, -0.05) is 36.4 Å². The molecule has 0 radical (unpaired) electrons. The first-order valence-electron chi connectivity index (χ1n) is 9.63. The number of hydrogen-bond donors (Lipinski definition) is 2. The van der Waals surface area contributed by atoms with Crippen LogP contribution < -0.4 is 4.72 Å². The minimum absolute atomic E-state index is 0.224. The summed E-state index contributed by atoms with van der Waals surface area (Å²) >= 11 is 1.27. The fourth-order valence-electron chi connectivity index (χ4n) is 3.14. The van der Waals surface area contributed by atoms with E-state index in [2.05, 4.69) is 9.71 Å². The lowest BCUT2D eigenvalue weighted by Crippen LogP contribution is -2.16. The molecule has 174 valence electrons. The van der Waals surface area contributed by atoms with Gasteiger partial charge in [-0.15, -0.1) is 11.3 Å². The van der Waals surface area contributed by atoms with Crippen molar-refractivity contribution in [1.82, 2.24) is 4.98 Å². The van der Waals surface area contributed by atoms with E-state index < -0.39 is 27.7 Å². The van der Waals surface area contributed by atoms with Crippen LogP contribution in [0.3, 0.4) is 0 Å². The van der Waals surface area contributed by atoms with Gasteiger partial charge < -0.3 is 5.11 Å². The second-order valence-corrected chi connectivity index (χ2v) is 9.61. The molecule has 0 atom stereocenters. The van der Waals surface area contributed by atoms with Crippen LogP contribution in [0.25, 0.3) is 21.8 Å². The van der Waals surface area contributed by atoms with Crippen molar-refractivity contribution in [3.8, 4) is 21.8 Å². The summed E-state index contributed by atoms with van der Waals surface area (Å²) in [5.74, 6) is -1.36. The Kier molecular flexibility index (Phi) is 6.15. The van der Waals surface area contributed by atoms with Gasteiger partial charge in [-0.05, 0) is 36.4 Å². The Morgan fingerprint density at radius 2 is 1.53 bits per heavy atom. The van der Waals surface area contributed by atoms with E-state index in [1.807, 2.05) is 0 Å². The molecule has 0 amide bonds. The number of alkyl halides is 3. The van der Waals surface area contributed by atoms with Crippen molar-refractivity contribution in [3.05, 3.63) is 89.3 Å². The summed E-state index contributed by atoms with van der Waals surface area (Å²) in [4.78, 5) is 15.4.